The van der Waals surface area contributed by atoms with Gasteiger partial charge in [-0.15, -0.1) is 0 Å². The number of esters is 3. The molecule has 0 fully saturated rings. The van der Waals surface area contributed by atoms with Crippen LogP contribution < -0.4 is 0 Å². The zero-order valence-electron chi connectivity index (χ0n) is 46.7. The number of unbranched alkanes of at least 4 members (excludes halogenated alkanes) is 41. The van der Waals surface area contributed by atoms with Crippen LogP contribution in [0.1, 0.15) is 349 Å². The summed E-state index contributed by atoms with van der Waals surface area (Å²) in [5.74, 6) is 0.875. The van der Waals surface area contributed by atoms with Crippen molar-refractivity contribution in [1.29, 1.82) is 0 Å². The molecule has 0 saturated carbocycles. The van der Waals surface area contributed by atoms with E-state index in [1.165, 1.54) is 238 Å². The first-order valence-corrected chi connectivity index (χ1v) is 30.7. The molecule has 1 atom stereocenters. The van der Waals surface area contributed by atoms with Crippen molar-refractivity contribution in [3.05, 3.63) is 0 Å². The average molecular weight is 962 g/mol. The standard InChI is InChI=1S/C62H120O6/c1-6-7-8-9-10-11-32-37-42-47-52-60(63)66-55-59(68-62(65)54-49-44-39-34-29-25-21-17-16-19-23-27-31-36-41-46-51-58(4)5)56-67-61(64)53-48-43-38-33-28-24-20-15-13-12-14-18-22-26-30-35-40-45-50-57(2)3/h57-59H,6-56H2,1-5H3/t59-/m1/s1. The fourth-order valence-corrected chi connectivity index (χ4v) is 9.58. The number of rotatable bonds is 56. The third-order valence-electron chi connectivity index (χ3n) is 14.2. The minimum absolute atomic E-state index is 0.0621. The van der Waals surface area contributed by atoms with Crippen LogP contribution in [-0.4, -0.2) is 37.2 Å². The van der Waals surface area contributed by atoms with Gasteiger partial charge in [0.15, 0.2) is 6.10 Å². The minimum atomic E-state index is -0.762. The smallest absolute Gasteiger partial charge is 0.306 e. The number of ether oxygens (including phenoxy) is 3. The van der Waals surface area contributed by atoms with Gasteiger partial charge in [-0.05, 0) is 31.1 Å². The van der Waals surface area contributed by atoms with Gasteiger partial charge in [0, 0.05) is 19.3 Å². The maximum atomic E-state index is 12.9. The number of carbonyl (C=O) groups excluding carboxylic acids is 3. The Morgan fingerprint density at radius 3 is 0.721 bits per heavy atom. The van der Waals surface area contributed by atoms with Crippen LogP contribution in [0.25, 0.3) is 0 Å². The highest BCUT2D eigenvalue weighted by atomic mass is 16.6. The maximum absolute atomic E-state index is 12.9. The monoisotopic (exact) mass is 961 g/mol. The lowest BCUT2D eigenvalue weighted by atomic mass is 10.0. The molecule has 6 nitrogen and oxygen atoms in total. The molecule has 0 spiro atoms. The van der Waals surface area contributed by atoms with Gasteiger partial charge in [-0.2, -0.15) is 0 Å². The molecule has 0 radical (unpaired) electrons. The van der Waals surface area contributed by atoms with E-state index in [1.54, 1.807) is 0 Å². The highest BCUT2D eigenvalue weighted by molar-refractivity contribution is 5.71. The maximum Gasteiger partial charge on any atom is 0.306 e. The topological polar surface area (TPSA) is 78.9 Å². The van der Waals surface area contributed by atoms with Gasteiger partial charge >= 0.3 is 17.9 Å². The van der Waals surface area contributed by atoms with Crippen molar-refractivity contribution >= 4 is 17.9 Å². The van der Waals surface area contributed by atoms with Crippen LogP contribution in [0.5, 0.6) is 0 Å². The van der Waals surface area contributed by atoms with Crippen molar-refractivity contribution in [3.8, 4) is 0 Å². The second-order valence-corrected chi connectivity index (χ2v) is 22.3. The molecule has 6 heteroatoms. The Morgan fingerprint density at radius 2 is 0.485 bits per heavy atom. The predicted molar refractivity (Wildman–Crippen MR) is 293 cm³/mol. The van der Waals surface area contributed by atoms with Gasteiger partial charge in [-0.25, -0.2) is 0 Å². The van der Waals surface area contributed by atoms with Crippen LogP contribution >= 0.6 is 0 Å². The van der Waals surface area contributed by atoms with Crippen LogP contribution in [-0.2, 0) is 28.6 Å². The molecule has 0 heterocycles. The van der Waals surface area contributed by atoms with Crippen LogP contribution in [0.15, 0.2) is 0 Å². The second kappa shape index (κ2) is 54.7. The summed E-state index contributed by atoms with van der Waals surface area (Å²) >= 11 is 0. The zero-order valence-corrected chi connectivity index (χ0v) is 46.7. The summed E-state index contributed by atoms with van der Waals surface area (Å²) in [7, 11) is 0. The SMILES string of the molecule is CCCCCCCCCCCCC(=O)OC[C@H](COC(=O)CCCCCCCCCCCCCCCCCCCCC(C)C)OC(=O)CCCCCCCCCCCCCCCCCCC(C)C. The van der Waals surface area contributed by atoms with Gasteiger partial charge in [0.05, 0.1) is 0 Å². The van der Waals surface area contributed by atoms with E-state index in [9.17, 15) is 14.4 Å². The minimum Gasteiger partial charge on any atom is -0.462 e. The summed E-state index contributed by atoms with van der Waals surface area (Å²) in [4.78, 5) is 38.2. The van der Waals surface area contributed by atoms with Crippen molar-refractivity contribution in [1.82, 2.24) is 0 Å². The fourth-order valence-electron chi connectivity index (χ4n) is 9.58. The van der Waals surface area contributed by atoms with E-state index >= 15 is 0 Å². The molecule has 0 aliphatic heterocycles. The van der Waals surface area contributed by atoms with Crippen molar-refractivity contribution < 1.29 is 28.6 Å². The van der Waals surface area contributed by atoms with Crippen LogP contribution in [0.4, 0.5) is 0 Å². The molecule has 0 aliphatic carbocycles. The third kappa shape index (κ3) is 55.3. The van der Waals surface area contributed by atoms with E-state index in [2.05, 4.69) is 34.6 Å². The Hall–Kier alpha value is -1.59. The average Bonchev–Trinajstić information content (AvgIpc) is 3.31. The van der Waals surface area contributed by atoms with Gasteiger partial charge in [-0.1, -0.05) is 311 Å². The molecule has 0 unspecified atom stereocenters. The Kier molecular flexibility index (Phi) is 53.5. The molecule has 404 valence electrons. The number of hydrogen-bond acceptors (Lipinski definition) is 6. The Labute approximate surface area is 425 Å². The van der Waals surface area contributed by atoms with Crippen LogP contribution in [0.2, 0.25) is 0 Å². The summed E-state index contributed by atoms with van der Waals surface area (Å²) < 4.78 is 16.9. The summed E-state index contributed by atoms with van der Waals surface area (Å²) in [6.45, 7) is 11.4. The van der Waals surface area contributed by atoms with Gasteiger partial charge < -0.3 is 14.2 Å². The first-order valence-electron chi connectivity index (χ1n) is 30.7. The van der Waals surface area contributed by atoms with E-state index in [0.717, 1.165) is 69.6 Å². The molecule has 0 amide bonds. The van der Waals surface area contributed by atoms with Gasteiger partial charge in [0.2, 0.25) is 0 Å². The fraction of sp³-hybridized carbons (Fsp3) is 0.952. The van der Waals surface area contributed by atoms with Gasteiger partial charge in [-0.3, -0.25) is 14.4 Å². The Balaban J connectivity index is 4.19. The molecular formula is C62H120O6. The second-order valence-electron chi connectivity index (χ2n) is 22.3. The Morgan fingerprint density at radius 1 is 0.279 bits per heavy atom. The molecule has 0 aromatic carbocycles. The van der Waals surface area contributed by atoms with Crippen molar-refractivity contribution in [2.24, 2.45) is 11.8 Å². The molecule has 0 aliphatic rings. The molecule has 0 saturated heterocycles. The normalized spacial score (nSPS) is 12.0. The van der Waals surface area contributed by atoms with Crippen molar-refractivity contribution in [3.63, 3.8) is 0 Å². The first-order chi connectivity index (χ1) is 33.2. The van der Waals surface area contributed by atoms with E-state index in [1.807, 2.05) is 0 Å². The summed E-state index contributed by atoms with van der Waals surface area (Å²) in [6.07, 6.45) is 59.6. The molecule has 0 aromatic rings. The number of hydrogen-bond donors (Lipinski definition) is 0. The quantitative estimate of drug-likeness (QED) is 0.0343. The summed E-state index contributed by atoms with van der Waals surface area (Å²) in [6, 6.07) is 0. The van der Waals surface area contributed by atoms with Gasteiger partial charge in [0.1, 0.15) is 13.2 Å². The molecule has 0 bridgehead atoms. The van der Waals surface area contributed by atoms with Crippen LogP contribution in [0.3, 0.4) is 0 Å². The lowest BCUT2D eigenvalue weighted by Crippen LogP contribution is -2.30. The van der Waals surface area contributed by atoms with E-state index in [-0.39, 0.29) is 31.1 Å². The predicted octanol–water partition coefficient (Wildman–Crippen LogP) is 20.4. The lowest BCUT2D eigenvalue weighted by molar-refractivity contribution is -0.167. The molecule has 0 rings (SSSR count). The first kappa shape index (κ1) is 66.4. The molecule has 0 aromatic heterocycles. The van der Waals surface area contributed by atoms with Crippen molar-refractivity contribution in [2.75, 3.05) is 13.2 Å². The molecule has 0 N–H and O–H groups in total. The lowest BCUT2D eigenvalue weighted by Gasteiger charge is -2.18. The largest absolute Gasteiger partial charge is 0.462 e. The third-order valence-corrected chi connectivity index (χ3v) is 14.2. The number of carbonyl (C=O) groups is 3. The van der Waals surface area contributed by atoms with E-state index < -0.39 is 6.10 Å². The summed E-state index contributed by atoms with van der Waals surface area (Å²) in [5.41, 5.74) is 0. The molecule has 68 heavy (non-hydrogen) atoms. The van der Waals surface area contributed by atoms with Gasteiger partial charge in [0.25, 0.3) is 0 Å². The molecular weight excluding hydrogens is 841 g/mol. The zero-order chi connectivity index (χ0) is 49.6. The summed E-state index contributed by atoms with van der Waals surface area (Å²) in [5, 5.41) is 0. The van der Waals surface area contributed by atoms with E-state index in [4.69, 9.17) is 14.2 Å². The Bertz CT molecular complexity index is 1040. The highest BCUT2D eigenvalue weighted by Crippen LogP contribution is 2.19. The van der Waals surface area contributed by atoms with E-state index in [0.29, 0.717) is 19.3 Å². The highest BCUT2D eigenvalue weighted by Gasteiger charge is 2.19. The van der Waals surface area contributed by atoms with Crippen LogP contribution in [0, 0.1) is 11.8 Å². The van der Waals surface area contributed by atoms with Crippen molar-refractivity contribution in [2.45, 2.75) is 355 Å².